The predicted molar refractivity (Wildman–Crippen MR) is 108 cm³/mol. The Morgan fingerprint density at radius 3 is 2.66 bits per heavy atom. The fourth-order valence-electron chi connectivity index (χ4n) is 3.10. The molecule has 1 aromatic carbocycles. The quantitative estimate of drug-likeness (QED) is 0.498. The van der Waals surface area contributed by atoms with Crippen molar-refractivity contribution >= 4 is 27.8 Å². The highest BCUT2D eigenvalue weighted by molar-refractivity contribution is 7.91. The third-order valence-corrected chi connectivity index (χ3v) is 6.24. The van der Waals surface area contributed by atoms with E-state index < -0.39 is 28.3 Å². The van der Waals surface area contributed by atoms with Crippen LogP contribution in [-0.4, -0.2) is 68.1 Å². The van der Waals surface area contributed by atoms with E-state index in [-0.39, 0.29) is 35.0 Å². The number of phenolic OH excluding ortho intramolecular Hbond substituents is 1. The van der Waals surface area contributed by atoms with Crippen molar-refractivity contribution in [2.45, 2.75) is 26.3 Å². The lowest BCUT2D eigenvalue weighted by molar-refractivity contribution is -0.149. The zero-order valence-corrected chi connectivity index (χ0v) is 17.6. The van der Waals surface area contributed by atoms with Gasteiger partial charge in [-0.2, -0.15) is 0 Å². The van der Waals surface area contributed by atoms with Crippen LogP contribution in [0.25, 0.3) is 6.08 Å². The molecule has 1 atom stereocenters. The van der Waals surface area contributed by atoms with Crippen molar-refractivity contribution in [1.29, 1.82) is 0 Å². The van der Waals surface area contributed by atoms with E-state index in [4.69, 9.17) is 9.47 Å². The van der Waals surface area contributed by atoms with Crippen LogP contribution in [0.3, 0.4) is 0 Å². The van der Waals surface area contributed by atoms with Crippen LogP contribution >= 0.6 is 0 Å². The van der Waals surface area contributed by atoms with Gasteiger partial charge in [-0.15, -0.1) is 0 Å². The van der Waals surface area contributed by atoms with Crippen molar-refractivity contribution in [3.05, 3.63) is 29.8 Å². The first-order valence-electron chi connectivity index (χ1n) is 9.33. The predicted octanol–water partition coefficient (Wildman–Crippen LogP) is 1.63. The van der Waals surface area contributed by atoms with Crippen LogP contribution in [0.5, 0.6) is 11.5 Å². The van der Waals surface area contributed by atoms with E-state index >= 15 is 0 Å². The molecule has 1 aliphatic heterocycles. The molecule has 9 heteroatoms. The van der Waals surface area contributed by atoms with Crippen molar-refractivity contribution < 1.29 is 32.6 Å². The van der Waals surface area contributed by atoms with Crippen molar-refractivity contribution in [3.8, 4) is 11.5 Å². The lowest BCUT2D eigenvalue weighted by atomic mass is 10.1. The van der Waals surface area contributed by atoms with Gasteiger partial charge >= 0.3 is 5.97 Å². The van der Waals surface area contributed by atoms with Crippen LogP contribution in [0.4, 0.5) is 0 Å². The maximum absolute atomic E-state index is 12.6. The monoisotopic (exact) mass is 425 g/mol. The second-order valence-corrected chi connectivity index (χ2v) is 9.60. The number of carbonyl (C=O) groups excluding carboxylic acids is 2. The second-order valence-electron chi connectivity index (χ2n) is 7.37. The number of aromatic hydroxyl groups is 1. The lowest BCUT2D eigenvalue weighted by Crippen LogP contribution is -2.45. The van der Waals surface area contributed by atoms with Gasteiger partial charge in [0, 0.05) is 18.7 Å². The van der Waals surface area contributed by atoms with Crippen LogP contribution in [-0.2, 0) is 24.2 Å². The Morgan fingerprint density at radius 2 is 2.07 bits per heavy atom. The van der Waals surface area contributed by atoms with E-state index in [1.54, 1.807) is 12.1 Å². The molecule has 0 aliphatic carbocycles. The molecule has 1 N–H and O–H groups in total. The zero-order valence-electron chi connectivity index (χ0n) is 16.8. The standard InChI is InChI=1S/C20H27NO7S/c1-14(2)11-21(16-8-9-29(25,26)13-16)19(23)12-28-20(24)7-5-15-4-6-17(22)18(10-15)27-3/h4-7,10,14,16,22H,8-9,11-13H2,1-3H3/b7-5+/t16-/m1/s1. The number of benzene rings is 1. The molecule has 0 spiro atoms. The van der Waals surface area contributed by atoms with Crippen molar-refractivity contribution in [2.24, 2.45) is 5.92 Å². The van der Waals surface area contributed by atoms with Crippen LogP contribution in [0.2, 0.25) is 0 Å². The smallest absolute Gasteiger partial charge is 0.331 e. The van der Waals surface area contributed by atoms with E-state index in [0.29, 0.717) is 18.5 Å². The molecule has 0 unspecified atom stereocenters. The van der Waals surface area contributed by atoms with Crippen LogP contribution in [0.1, 0.15) is 25.8 Å². The third kappa shape index (κ3) is 6.77. The van der Waals surface area contributed by atoms with Gasteiger partial charge in [-0.3, -0.25) is 4.79 Å². The van der Waals surface area contributed by atoms with Crippen molar-refractivity contribution in [2.75, 3.05) is 31.8 Å². The Morgan fingerprint density at radius 1 is 1.34 bits per heavy atom. The highest BCUT2D eigenvalue weighted by Gasteiger charge is 2.35. The molecule has 1 fully saturated rings. The molecular weight excluding hydrogens is 398 g/mol. The minimum absolute atomic E-state index is 0.0167. The number of carbonyl (C=O) groups is 2. The molecule has 8 nitrogen and oxygen atoms in total. The number of sulfone groups is 1. The zero-order chi connectivity index (χ0) is 21.6. The number of phenols is 1. The van der Waals surface area contributed by atoms with Gasteiger partial charge in [-0.05, 0) is 36.1 Å². The van der Waals surface area contributed by atoms with E-state index in [1.807, 2.05) is 13.8 Å². The summed E-state index contributed by atoms with van der Waals surface area (Å²) in [6, 6.07) is 4.20. The number of amides is 1. The molecule has 0 aromatic heterocycles. The largest absolute Gasteiger partial charge is 0.504 e. The van der Waals surface area contributed by atoms with Gasteiger partial charge in [0.15, 0.2) is 27.9 Å². The molecule has 1 aliphatic rings. The number of hydrogen-bond donors (Lipinski definition) is 1. The van der Waals surface area contributed by atoms with Gasteiger partial charge in [-0.25, -0.2) is 13.2 Å². The lowest BCUT2D eigenvalue weighted by Gasteiger charge is -2.29. The first kappa shape index (κ1) is 22.7. The van der Waals surface area contributed by atoms with Gasteiger partial charge in [-0.1, -0.05) is 19.9 Å². The Kier molecular flexibility index (Phi) is 7.66. The Balaban J connectivity index is 1.95. The normalized spacial score (nSPS) is 18.1. The summed E-state index contributed by atoms with van der Waals surface area (Å²) < 4.78 is 33.5. The number of methoxy groups -OCH3 is 1. The maximum Gasteiger partial charge on any atom is 0.331 e. The van der Waals surface area contributed by atoms with Crippen LogP contribution in [0.15, 0.2) is 24.3 Å². The van der Waals surface area contributed by atoms with Gasteiger partial charge < -0.3 is 19.5 Å². The first-order valence-corrected chi connectivity index (χ1v) is 11.1. The second kappa shape index (κ2) is 9.78. The van der Waals surface area contributed by atoms with Gasteiger partial charge in [0.2, 0.25) is 0 Å². The first-order chi connectivity index (χ1) is 13.6. The number of nitrogens with zero attached hydrogens (tertiary/aromatic N) is 1. The van der Waals surface area contributed by atoms with Crippen molar-refractivity contribution in [3.63, 3.8) is 0 Å². The molecule has 1 saturated heterocycles. The molecular formula is C20H27NO7S. The molecule has 29 heavy (non-hydrogen) atoms. The van der Waals surface area contributed by atoms with E-state index in [0.717, 1.165) is 0 Å². The molecule has 1 amide bonds. The Bertz CT molecular complexity index is 877. The van der Waals surface area contributed by atoms with Crippen LogP contribution in [0, 0.1) is 5.92 Å². The topological polar surface area (TPSA) is 110 Å². The maximum atomic E-state index is 12.6. The van der Waals surface area contributed by atoms with E-state index in [9.17, 15) is 23.1 Å². The van der Waals surface area contributed by atoms with Gasteiger partial charge in [0.05, 0.1) is 18.6 Å². The minimum Gasteiger partial charge on any atom is -0.504 e. The summed E-state index contributed by atoms with van der Waals surface area (Å²) in [4.78, 5) is 26.0. The fraction of sp³-hybridized carbons (Fsp3) is 0.500. The number of hydrogen-bond acceptors (Lipinski definition) is 7. The number of rotatable bonds is 8. The summed E-state index contributed by atoms with van der Waals surface area (Å²) in [5.74, 6) is -0.686. The number of esters is 1. The summed E-state index contributed by atoms with van der Waals surface area (Å²) in [6.07, 6.45) is 3.05. The molecule has 0 saturated carbocycles. The highest BCUT2D eigenvalue weighted by Crippen LogP contribution is 2.26. The average Bonchev–Trinajstić information content (AvgIpc) is 3.02. The van der Waals surface area contributed by atoms with E-state index in [2.05, 4.69) is 0 Å². The Labute approximate surface area is 171 Å². The summed E-state index contributed by atoms with van der Waals surface area (Å²) in [7, 11) is -1.71. The van der Waals surface area contributed by atoms with Crippen molar-refractivity contribution in [1.82, 2.24) is 4.90 Å². The summed E-state index contributed by atoms with van der Waals surface area (Å²) in [5, 5.41) is 9.57. The SMILES string of the molecule is COc1cc(/C=C/C(=O)OCC(=O)N(CC(C)C)[C@@H]2CCS(=O)(=O)C2)ccc1O. The third-order valence-electron chi connectivity index (χ3n) is 4.48. The number of ether oxygens (including phenoxy) is 2. The van der Waals surface area contributed by atoms with E-state index in [1.165, 1.54) is 30.2 Å². The average molecular weight is 426 g/mol. The minimum atomic E-state index is -3.13. The summed E-state index contributed by atoms with van der Waals surface area (Å²) in [5.41, 5.74) is 0.612. The Hall–Kier alpha value is -2.55. The van der Waals surface area contributed by atoms with Crippen LogP contribution < -0.4 is 4.74 Å². The van der Waals surface area contributed by atoms with Gasteiger partial charge in [0.25, 0.3) is 5.91 Å². The molecule has 2 rings (SSSR count). The highest BCUT2D eigenvalue weighted by atomic mass is 32.2. The molecule has 1 aromatic rings. The molecule has 1 heterocycles. The summed E-state index contributed by atoms with van der Waals surface area (Å²) >= 11 is 0. The molecule has 0 radical (unpaired) electrons. The molecule has 160 valence electrons. The molecule has 0 bridgehead atoms. The fourth-order valence-corrected chi connectivity index (χ4v) is 4.83. The summed E-state index contributed by atoms with van der Waals surface area (Å²) in [6.45, 7) is 3.82. The van der Waals surface area contributed by atoms with Gasteiger partial charge in [0.1, 0.15) is 0 Å².